The zero-order valence-corrected chi connectivity index (χ0v) is 17.0. The molecule has 0 atom stereocenters. The number of rotatable bonds is 2. The number of alkyl halides is 6. The second kappa shape index (κ2) is 9.04. The maximum atomic E-state index is 12.6. The van der Waals surface area contributed by atoms with Gasteiger partial charge in [-0.2, -0.15) is 26.3 Å². The summed E-state index contributed by atoms with van der Waals surface area (Å²) >= 11 is 0. The van der Waals surface area contributed by atoms with Gasteiger partial charge < -0.3 is 10.6 Å². The van der Waals surface area contributed by atoms with Crippen molar-refractivity contribution in [1.29, 1.82) is 0 Å². The highest BCUT2D eigenvalue weighted by molar-refractivity contribution is 6.10. The molecule has 0 bridgehead atoms. The molecule has 1 amide bonds. The minimum atomic E-state index is -4.45. The monoisotopic (exact) mass is 483 g/mol. The van der Waals surface area contributed by atoms with Gasteiger partial charge in [0.15, 0.2) is 0 Å². The van der Waals surface area contributed by atoms with Gasteiger partial charge in [-0.1, -0.05) is 0 Å². The predicted molar refractivity (Wildman–Crippen MR) is 111 cm³/mol. The molecule has 0 aliphatic carbocycles. The van der Waals surface area contributed by atoms with Crippen molar-refractivity contribution in [3.05, 3.63) is 99.1 Å². The molecule has 12 heteroatoms. The zero-order valence-electron chi connectivity index (χ0n) is 17.0. The third-order valence-corrected chi connectivity index (χ3v) is 4.85. The van der Waals surface area contributed by atoms with Gasteiger partial charge in [0.1, 0.15) is 0 Å². The highest BCUT2D eigenvalue weighted by Gasteiger charge is 2.33. The van der Waals surface area contributed by atoms with E-state index in [0.29, 0.717) is 16.9 Å². The first-order valence-corrected chi connectivity index (χ1v) is 9.46. The van der Waals surface area contributed by atoms with E-state index < -0.39 is 34.3 Å². The van der Waals surface area contributed by atoms with Crippen LogP contribution in [0.1, 0.15) is 27.0 Å². The van der Waals surface area contributed by atoms with Crippen LogP contribution in [0.2, 0.25) is 0 Å². The molecule has 0 radical (unpaired) electrons. The lowest BCUT2D eigenvalue weighted by Gasteiger charge is -2.16. The summed E-state index contributed by atoms with van der Waals surface area (Å²) in [6, 6.07) is 12.5. The Morgan fingerprint density at radius 3 is 1.79 bits per heavy atom. The lowest BCUT2D eigenvalue weighted by atomic mass is 10.1. The van der Waals surface area contributed by atoms with Crippen LogP contribution in [0.25, 0.3) is 0 Å². The van der Waals surface area contributed by atoms with Crippen LogP contribution in [0.3, 0.4) is 0 Å². The Hall–Kier alpha value is -4.09. The van der Waals surface area contributed by atoms with E-state index in [9.17, 15) is 41.3 Å². The summed E-state index contributed by atoms with van der Waals surface area (Å²) in [7, 11) is 0. The number of amides is 1. The molecule has 6 nitrogen and oxygen atoms in total. The lowest BCUT2D eigenvalue weighted by Crippen LogP contribution is -2.23. The number of anilines is 2. The van der Waals surface area contributed by atoms with Crippen LogP contribution in [0, 0.1) is 10.1 Å². The molecule has 34 heavy (non-hydrogen) atoms. The van der Waals surface area contributed by atoms with E-state index >= 15 is 0 Å². The minimum absolute atomic E-state index is 0.164. The van der Waals surface area contributed by atoms with E-state index in [2.05, 4.69) is 0 Å². The fourth-order valence-electron chi connectivity index (χ4n) is 3.11. The van der Waals surface area contributed by atoms with Crippen LogP contribution >= 0.6 is 0 Å². The van der Waals surface area contributed by atoms with Gasteiger partial charge in [0.2, 0.25) is 0 Å². The van der Waals surface area contributed by atoms with E-state index in [1.807, 2.05) is 0 Å². The van der Waals surface area contributed by atoms with Crippen LogP contribution in [0.4, 0.5) is 43.4 Å². The highest BCUT2D eigenvalue weighted by Crippen LogP contribution is 2.34. The number of nitrogens with zero attached hydrogens (tertiary/aromatic N) is 2. The summed E-state index contributed by atoms with van der Waals surface area (Å²) in [5, 5.41) is 10.8. The topological polar surface area (TPSA) is 89.5 Å². The summed E-state index contributed by atoms with van der Waals surface area (Å²) in [5.41, 5.74) is 4.95. The number of nitro groups is 1. The molecular formula is C22H15F6N3O3. The molecule has 3 aromatic rings. The van der Waals surface area contributed by atoms with E-state index in [-0.39, 0.29) is 17.8 Å². The Bertz CT molecular complexity index is 1210. The second-order valence-electron chi connectivity index (χ2n) is 7.15. The number of halogens is 6. The van der Waals surface area contributed by atoms with Crippen LogP contribution in [-0.2, 0) is 18.9 Å². The minimum Gasteiger partial charge on any atom is -0.399 e. The lowest BCUT2D eigenvalue weighted by molar-refractivity contribution is -0.384. The maximum absolute atomic E-state index is 12.6. The zero-order chi connectivity index (χ0) is 25.3. The molecule has 0 fully saturated rings. The summed E-state index contributed by atoms with van der Waals surface area (Å²) in [5.74, 6) is -0.469. The summed E-state index contributed by atoms with van der Waals surface area (Å²) in [6.07, 6.45) is -8.72. The summed E-state index contributed by atoms with van der Waals surface area (Å²) in [4.78, 5) is 23.8. The van der Waals surface area contributed by atoms with Crippen LogP contribution in [0.15, 0.2) is 66.7 Å². The van der Waals surface area contributed by atoms with Gasteiger partial charge in [-0.05, 0) is 60.2 Å². The Balaban J connectivity index is 0.000000248. The van der Waals surface area contributed by atoms with Gasteiger partial charge in [0.05, 0.1) is 28.2 Å². The average molecular weight is 483 g/mol. The van der Waals surface area contributed by atoms with Gasteiger partial charge in [0.25, 0.3) is 11.6 Å². The SMILES string of the molecule is Nc1ccc(C(F)(F)F)cc1.O=C1c2cc([N+](=O)[O-])ccc2CN1c1ccc(C(F)(F)F)cc1. The number of non-ortho nitro benzene ring substituents is 1. The Labute approximate surface area is 188 Å². The van der Waals surface area contributed by atoms with Gasteiger partial charge in [-0.15, -0.1) is 0 Å². The van der Waals surface area contributed by atoms with Crippen molar-refractivity contribution in [2.45, 2.75) is 18.9 Å². The number of hydrogen-bond acceptors (Lipinski definition) is 4. The number of hydrogen-bond donors (Lipinski definition) is 1. The number of fused-ring (bicyclic) bond motifs is 1. The number of nitro benzene ring substituents is 1. The fraction of sp³-hybridized carbons (Fsp3) is 0.136. The number of carbonyl (C=O) groups is 1. The molecule has 3 aromatic carbocycles. The van der Waals surface area contributed by atoms with E-state index in [1.165, 1.54) is 47.4 Å². The molecular weight excluding hydrogens is 468 g/mol. The fourth-order valence-corrected chi connectivity index (χ4v) is 3.11. The number of nitrogen functional groups attached to an aromatic ring is 1. The quantitative estimate of drug-likeness (QED) is 0.208. The summed E-state index contributed by atoms with van der Waals surface area (Å²) in [6.45, 7) is 0.164. The molecule has 0 saturated carbocycles. The molecule has 178 valence electrons. The molecule has 1 heterocycles. The Morgan fingerprint density at radius 2 is 1.32 bits per heavy atom. The maximum Gasteiger partial charge on any atom is 0.416 e. The van der Waals surface area contributed by atoms with Crippen molar-refractivity contribution in [2.24, 2.45) is 0 Å². The first-order valence-electron chi connectivity index (χ1n) is 9.46. The number of nitrogens with two attached hydrogens (primary N) is 1. The third-order valence-electron chi connectivity index (χ3n) is 4.85. The van der Waals surface area contributed by atoms with Crippen molar-refractivity contribution in [2.75, 3.05) is 10.6 Å². The van der Waals surface area contributed by atoms with Gasteiger partial charge in [-0.3, -0.25) is 14.9 Å². The van der Waals surface area contributed by atoms with Crippen molar-refractivity contribution in [3.8, 4) is 0 Å². The second-order valence-corrected chi connectivity index (χ2v) is 7.15. The molecule has 1 aliphatic heterocycles. The van der Waals surface area contributed by atoms with Crippen LogP contribution in [0.5, 0.6) is 0 Å². The van der Waals surface area contributed by atoms with Crippen molar-refractivity contribution >= 4 is 23.0 Å². The highest BCUT2D eigenvalue weighted by atomic mass is 19.4. The molecule has 4 rings (SSSR count). The van der Waals surface area contributed by atoms with E-state index in [4.69, 9.17) is 5.73 Å². The van der Waals surface area contributed by atoms with Crippen LogP contribution < -0.4 is 10.6 Å². The first kappa shape index (κ1) is 24.6. The third kappa shape index (κ3) is 5.45. The number of carbonyl (C=O) groups excluding carboxylic acids is 1. The molecule has 0 aromatic heterocycles. The standard InChI is InChI=1S/C15H9F3N2O3.C7H6F3N/c16-15(17,18)10-2-5-11(6-3-10)19-8-9-1-4-12(20(22)23)7-13(9)14(19)21;8-7(9,10)5-1-3-6(11)4-2-5/h1-7H,8H2;1-4H,11H2. The van der Waals surface area contributed by atoms with Crippen molar-refractivity contribution in [3.63, 3.8) is 0 Å². The first-order chi connectivity index (χ1) is 15.8. The molecule has 0 saturated heterocycles. The van der Waals surface area contributed by atoms with Gasteiger partial charge in [0, 0.05) is 23.5 Å². The smallest absolute Gasteiger partial charge is 0.399 e. The normalized spacial score (nSPS) is 13.2. The van der Waals surface area contributed by atoms with Crippen molar-refractivity contribution < 1.29 is 36.1 Å². The predicted octanol–water partition coefficient (Wildman–Crippen LogP) is 6.06. The summed E-state index contributed by atoms with van der Waals surface area (Å²) < 4.78 is 73.3. The molecule has 0 spiro atoms. The average Bonchev–Trinajstić information content (AvgIpc) is 3.09. The van der Waals surface area contributed by atoms with E-state index in [0.717, 1.165) is 24.3 Å². The number of benzene rings is 3. The van der Waals surface area contributed by atoms with Crippen molar-refractivity contribution in [1.82, 2.24) is 0 Å². The molecule has 0 unspecified atom stereocenters. The van der Waals surface area contributed by atoms with Gasteiger partial charge in [-0.25, -0.2) is 0 Å². The Morgan fingerprint density at radius 1 is 0.824 bits per heavy atom. The van der Waals surface area contributed by atoms with Crippen LogP contribution in [-0.4, -0.2) is 10.8 Å². The Kier molecular flexibility index (Phi) is 6.53. The van der Waals surface area contributed by atoms with Gasteiger partial charge >= 0.3 is 12.4 Å². The van der Waals surface area contributed by atoms with E-state index in [1.54, 1.807) is 0 Å². The molecule has 2 N–H and O–H groups in total. The molecule has 1 aliphatic rings. The largest absolute Gasteiger partial charge is 0.416 e.